The first-order valence-electron chi connectivity index (χ1n) is 10.3. The Morgan fingerprint density at radius 2 is 1.76 bits per heavy atom. The van der Waals surface area contributed by atoms with Gasteiger partial charge in [0.15, 0.2) is 11.6 Å². The molecule has 3 aromatic carbocycles. The first kappa shape index (κ1) is 22.5. The summed E-state index contributed by atoms with van der Waals surface area (Å²) in [6.07, 6.45) is 0.679. The van der Waals surface area contributed by atoms with Crippen LogP contribution < -0.4 is 15.5 Å². The molecule has 1 aliphatic rings. The minimum Gasteiger partial charge on any atom is -0.320 e. The maximum Gasteiger partial charge on any atom is 0.324 e. The van der Waals surface area contributed by atoms with Crippen molar-refractivity contribution in [2.24, 2.45) is 0 Å². The van der Waals surface area contributed by atoms with Gasteiger partial charge in [0, 0.05) is 30.3 Å². The molecule has 1 fully saturated rings. The van der Waals surface area contributed by atoms with Crippen LogP contribution in [0.5, 0.6) is 0 Å². The molecule has 0 saturated carbocycles. The predicted molar refractivity (Wildman–Crippen MR) is 125 cm³/mol. The van der Waals surface area contributed by atoms with E-state index in [-0.39, 0.29) is 12.6 Å². The molecule has 1 saturated heterocycles. The molecule has 0 bridgehead atoms. The van der Waals surface area contributed by atoms with E-state index in [9.17, 15) is 18.4 Å². The number of hydrogen-bond donors (Lipinski definition) is 2. The van der Waals surface area contributed by atoms with Crippen molar-refractivity contribution in [3.63, 3.8) is 0 Å². The fourth-order valence-electron chi connectivity index (χ4n) is 3.68. The zero-order chi connectivity index (χ0) is 23.4. The van der Waals surface area contributed by atoms with Gasteiger partial charge in [-0.25, -0.2) is 18.4 Å². The molecule has 170 valence electrons. The molecule has 1 aliphatic heterocycles. The second kappa shape index (κ2) is 9.87. The number of hydrogen-bond acceptors (Lipinski definition) is 2. The van der Waals surface area contributed by atoms with Gasteiger partial charge in [-0.05, 0) is 54.4 Å². The van der Waals surface area contributed by atoms with Crippen LogP contribution in [-0.2, 0) is 6.54 Å². The van der Waals surface area contributed by atoms with Gasteiger partial charge in [-0.3, -0.25) is 4.90 Å². The molecule has 2 N–H and O–H groups in total. The average molecular weight is 471 g/mol. The molecule has 4 amide bonds. The fourth-order valence-corrected chi connectivity index (χ4v) is 3.87. The lowest BCUT2D eigenvalue weighted by Gasteiger charge is -2.36. The van der Waals surface area contributed by atoms with Crippen LogP contribution in [0.15, 0.2) is 66.7 Å². The van der Waals surface area contributed by atoms with Crippen LogP contribution in [-0.4, -0.2) is 30.1 Å². The second-order valence-corrected chi connectivity index (χ2v) is 8.00. The molecule has 4 rings (SSSR count). The molecule has 1 heterocycles. The smallest absolute Gasteiger partial charge is 0.320 e. The molecular formula is C24H21ClF2N4O2. The van der Waals surface area contributed by atoms with Crippen molar-refractivity contribution in [2.45, 2.75) is 13.0 Å². The van der Waals surface area contributed by atoms with E-state index in [2.05, 4.69) is 10.6 Å². The molecule has 33 heavy (non-hydrogen) atoms. The van der Waals surface area contributed by atoms with Crippen LogP contribution in [0.4, 0.5) is 35.4 Å². The van der Waals surface area contributed by atoms with Crippen molar-refractivity contribution in [1.29, 1.82) is 0 Å². The monoisotopic (exact) mass is 470 g/mol. The highest BCUT2D eigenvalue weighted by Crippen LogP contribution is 2.29. The van der Waals surface area contributed by atoms with Gasteiger partial charge in [-0.1, -0.05) is 35.9 Å². The highest BCUT2D eigenvalue weighted by molar-refractivity contribution is 6.30. The Kier molecular flexibility index (Phi) is 6.74. The summed E-state index contributed by atoms with van der Waals surface area (Å²) >= 11 is 5.96. The Morgan fingerprint density at radius 3 is 2.55 bits per heavy atom. The lowest BCUT2D eigenvalue weighted by Crippen LogP contribution is -2.49. The molecule has 0 aliphatic carbocycles. The molecule has 0 atom stereocenters. The fraction of sp³-hybridized carbons (Fsp3) is 0.167. The number of rotatable bonds is 5. The summed E-state index contributed by atoms with van der Waals surface area (Å²) in [4.78, 5) is 28.9. The topological polar surface area (TPSA) is 64.7 Å². The van der Waals surface area contributed by atoms with E-state index < -0.39 is 17.7 Å². The number of anilines is 3. The molecule has 9 heteroatoms. The van der Waals surface area contributed by atoms with E-state index in [1.807, 2.05) is 0 Å². The van der Waals surface area contributed by atoms with Crippen LogP contribution in [0.1, 0.15) is 12.0 Å². The van der Waals surface area contributed by atoms with Gasteiger partial charge in [-0.15, -0.1) is 0 Å². The summed E-state index contributed by atoms with van der Waals surface area (Å²) in [5, 5.41) is 5.98. The highest BCUT2D eigenvalue weighted by atomic mass is 35.5. The molecule has 0 spiro atoms. The van der Waals surface area contributed by atoms with Crippen LogP contribution in [0.3, 0.4) is 0 Å². The number of nitrogens with zero attached hydrogens (tertiary/aromatic N) is 2. The van der Waals surface area contributed by atoms with Gasteiger partial charge < -0.3 is 15.5 Å². The lowest BCUT2D eigenvalue weighted by molar-refractivity contribution is 0.192. The standard InChI is InChI=1S/C24H21ClF2N4O2/c25-17-5-3-6-18(14-17)28-23(32)29-21-7-1-2-8-22(21)31-12-4-11-30(24(31)33)15-16-9-10-19(26)20(27)13-16/h1-3,5-10,13-14H,4,11-12,15H2,(H2,28,29,32). The minimum absolute atomic E-state index is 0.150. The number of urea groups is 2. The van der Waals surface area contributed by atoms with Crippen molar-refractivity contribution >= 4 is 40.7 Å². The van der Waals surface area contributed by atoms with Crippen LogP contribution in [0.25, 0.3) is 0 Å². The van der Waals surface area contributed by atoms with Crippen molar-refractivity contribution < 1.29 is 18.4 Å². The summed E-state index contributed by atoms with van der Waals surface area (Å²) in [6, 6.07) is 16.6. The Labute approximate surface area is 194 Å². The van der Waals surface area contributed by atoms with E-state index in [4.69, 9.17) is 11.6 Å². The summed E-state index contributed by atoms with van der Waals surface area (Å²) < 4.78 is 26.8. The molecule has 0 unspecified atom stereocenters. The third-order valence-corrected chi connectivity index (χ3v) is 5.43. The van der Waals surface area contributed by atoms with Crippen molar-refractivity contribution in [3.05, 3.63) is 89.0 Å². The summed E-state index contributed by atoms with van der Waals surface area (Å²) in [5.41, 5.74) is 2.03. The number of nitrogens with one attached hydrogen (secondary N) is 2. The second-order valence-electron chi connectivity index (χ2n) is 7.56. The quantitative estimate of drug-likeness (QED) is 0.473. The maximum atomic E-state index is 13.6. The van der Waals surface area contributed by atoms with Gasteiger partial charge in [0.05, 0.1) is 11.4 Å². The van der Waals surface area contributed by atoms with Crippen LogP contribution in [0.2, 0.25) is 5.02 Å². The zero-order valence-corrected chi connectivity index (χ0v) is 18.3. The number of carbonyl (C=O) groups excluding carboxylic acids is 2. The number of halogens is 3. The van der Waals surface area contributed by atoms with Crippen molar-refractivity contribution in [3.8, 4) is 0 Å². The Bertz CT molecular complexity index is 1190. The number of carbonyl (C=O) groups is 2. The van der Waals surface area contributed by atoms with E-state index in [1.165, 1.54) is 6.07 Å². The molecular weight excluding hydrogens is 450 g/mol. The van der Waals surface area contributed by atoms with E-state index >= 15 is 0 Å². The summed E-state index contributed by atoms with van der Waals surface area (Å²) in [5.74, 6) is -1.88. The van der Waals surface area contributed by atoms with Gasteiger partial charge >= 0.3 is 12.1 Å². The minimum atomic E-state index is -0.950. The van der Waals surface area contributed by atoms with Crippen LogP contribution >= 0.6 is 11.6 Å². The Morgan fingerprint density at radius 1 is 0.939 bits per heavy atom. The van der Waals surface area contributed by atoms with E-state index in [1.54, 1.807) is 58.3 Å². The van der Waals surface area contributed by atoms with Gasteiger partial charge in [-0.2, -0.15) is 0 Å². The number of para-hydroxylation sites is 2. The molecule has 0 aromatic heterocycles. The first-order chi connectivity index (χ1) is 15.9. The van der Waals surface area contributed by atoms with Gasteiger partial charge in [0.25, 0.3) is 0 Å². The largest absolute Gasteiger partial charge is 0.324 e. The third-order valence-electron chi connectivity index (χ3n) is 5.19. The van der Waals surface area contributed by atoms with Gasteiger partial charge in [0.2, 0.25) is 0 Å². The third kappa shape index (κ3) is 5.40. The zero-order valence-electron chi connectivity index (χ0n) is 17.5. The maximum absolute atomic E-state index is 13.6. The highest BCUT2D eigenvalue weighted by Gasteiger charge is 2.28. The molecule has 3 aromatic rings. The van der Waals surface area contributed by atoms with Crippen LogP contribution in [0, 0.1) is 11.6 Å². The number of benzene rings is 3. The SMILES string of the molecule is O=C(Nc1cccc(Cl)c1)Nc1ccccc1N1CCCN(Cc2ccc(F)c(F)c2)C1=O. The van der Waals surface area contributed by atoms with Crippen molar-refractivity contribution in [2.75, 3.05) is 28.6 Å². The summed E-state index contributed by atoms with van der Waals surface area (Å²) in [6.45, 7) is 1.10. The average Bonchev–Trinajstić information content (AvgIpc) is 2.78. The number of amides is 4. The van der Waals surface area contributed by atoms with Crippen molar-refractivity contribution in [1.82, 2.24) is 4.90 Å². The molecule has 0 radical (unpaired) electrons. The van der Waals surface area contributed by atoms with E-state index in [0.717, 1.165) is 12.1 Å². The Balaban J connectivity index is 1.49. The molecule has 6 nitrogen and oxygen atoms in total. The first-order valence-corrected chi connectivity index (χ1v) is 10.7. The normalized spacial score (nSPS) is 13.7. The van der Waals surface area contributed by atoms with Gasteiger partial charge in [0.1, 0.15) is 0 Å². The van der Waals surface area contributed by atoms with E-state index in [0.29, 0.717) is 47.2 Å². The summed E-state index contributed by atoms with van der Waals surface area (Å²) in [7, 11) is 0. The predicted octanol–water partition coefficient (Wildman–Crippen LogP) is 6.09. The Hall–Kier alpha value is -3.65. The lowest BCUT2D eigenvalue weighted by atomic mass is 10.1.